The van der Waals surface area contributed by atoms with Crippen molar-refractivity contribution < 1.29 is 27.1 Å². The van der Waals surface area contributed by atoms with Gasteiger partial charge < -0.3 is 9.94 Å². The molecule has 132 valence electrons. The predicted molar refractivity (Wildman–Crippen MR) is 88.0 cm³/mol. The van der Waals surface area contributed by atoms with Crippen molar-refractivity contribution in [3.05, 3.63) is 53.1 Å². The molecular weight excluding hydrogens is 354 g/mol. The highest BCUT2D eigenvalue weighted by molar-refractivity contribution is 7.92. The maximum absolute atomic E-state index is 13.9. The topological polar surface area (TPSA) is 88.0 Å². The minimum absolute atomic E-state index is 0.0118. The van der Waals surface area contributed by atoms with Crippen LogP contribution in [-0.2, 0) is 16.4 Å². The molecule has 0 aliphatic heterocycles. The number of ether oxygens (including phenoxy) is 1. The van der Waals surface area contributed by atoms with Crippen LogP contribution in [0.5, 0.6) is 11.5 Å². The van der Waals surface area contributed by atoms with Crippen LogP contribution in [0.3, 0.4) is 0 Å². The number of nitrogens with one attached hydrogen (secondary N) is 1. The lowest BCUT2D eigenvalue weighted by Crippen LogP contribution is -2.11. The zero-order valence-corrected chi connectivity index (χ0v) is 13.9. The molecule has 0 atom stereocenters. The largest absolute Gasteiger partial charge is 0.452 e. The average molecular weight is 368 g/mol. The van der Waals surface area contributed by atoms with Crippen LogP contribution in [0.25, 0.3) is 0 Å². The first kappa shape index (κ1) is 17.2. The Hall–Kier alpha value is -2.68. The standard InChI is InChI=1S/C16H14F2N2O4S/c1-25(22,23)20-14-6-9-2-4-13(19-21)11(9)8-16(14)24-15-5-3-10(17)7-12(15)18/h3,5-8,20-21H,2,4H2,1H3. The van der Waals surface area contributed by atoms with Crippen molar-refractivity contribution in [1.82, 2.24) is 0 Å². The molecule has 25 heavy (non-hydrogen) atoms. The number of aryl methyl sites for hydroxylation is 1. The van der Waals surface area contributed by atoms with Crippen LogP contribution in [0.4, 0.5) is 14.5 Å². The maximum atomic E-state index is 13.9. The molecule has 0 radical (unpaired) electrons. The maximum Gasteiger partial charge on any atom is 0.229 e. The van der Waals surface area contributed by atoms with Crippen molar-refractivity contribution in [2.75, 3.05) is 11.0 Å². The fraction of sp³-hybridized carbons (Fsp3) is 0.188. The molecule has 2 aromatic rings. The highest BCUT2D eigenvalue weighted by atomic mass is 32.2. The molecule has 0 saturated carbocycles. The number of anilines is 1. The molecule has 0 amide bonds. The molecule has 2 N–H and O–H groups in total. The zero-order chi connectivity index (χ0) is 18.2. The summed E-state index contributed by atoms with van der Waals surface area (Å²) in [6.45, 7) is 0. The Labute approximate surface area is 142 Å². The van der Waals surface area contributed by atoms with Gasteiger partial charge in [0.2, 0.25) is 10.0 Å². The number of rotatable bonds is 4. The van der Waals surface area contributed by atoms with E-state index in [1.807, 2.05) is 0 Å². The van der Waals surface area contributed by atoms with Crippen molar-refractivity contribution in [3.8, 4) is 11.5 Å². The Balaban J connectivity index is 2.09. The molecular formula is C16H14F2N2O4S. The van der Waals surface area contributed by atoms with Gasteiger partial charge in [-0.2, -0.15) is 0 Å². The van der Waals surface area contributed by atoms with E-state index in [2.05, 4.69) is 9.88 Å². The Bertz CT molecular complexity index is 974. The summed E-state index contributed by atoms with van der Waals surface area (Å²) in [7, 11) is -3.61. The number of hydrogen-bond donors (Lipinski definition) is 2. The molecule has 0 unspecified atom stereocenters. The van der Waals surface area contributed by atoms with Crippen LogP contribution in [0.2, 0.25) is 0 Å². The SMILES string of the molecule is CS(=O)(=O)Nc1cc2c(cc1Oc1ccc(F)cc1F)C(=NO)CC2. The Morgan fingerprint density at radius 3 is 2.56 bits per heavy atom. The van der Waals surface area contributed by atoms with E-state index < -0.39 is 21.7 Å². The molecule has 0 heterocycles. The van der Waals surface area contributed by atoms with Gasteiger partial charge in [-0.3, -0.25) is 4.72 Å². The minimum atomic E-state index is -3.61. The molecule has 2 aromatic carbocycles. The van der Waals surface area contributed by atoms with Crippen LogP contribution in [-0.4, -0.2) is 25.6 Å². The fourth-order valence-corrected chi connectivity index (χ4v) is 3.19. The molecule has 0 aromatic heterocycles. The van der Waals surface area contributed by atoms with Crippen LogP contribution in [0, 0.1) is 11.6 Å². The van der Waals surface area contributed by atoms with Crippen molar-refractivity contribution in [1.29, 1.82) is 0 Å². The summed E-state index contributed by atoms with van der Waals surface area (Å²) in [6, 6.07) is 5.80. The number of sulfonamides is 1. The van der Waals surface area contributed by atoms with E-state index in [0.29, 0.717) is 30.2 Å². The van der Waals surface area contributed by atoms with Crippen LogP contribution in [0.1, 0.15) is 17.5 Å². The summed E-state index contributed by atoms with van der Waals surface area (Å²) in [6.07, 6.45) is 2.03. The van der Waals surface area contributed by atoms with Gasteiger partial charge in [-0.1, -0.05) is 5.16 Å². The van der Waals surface area contributed by atoms with Gasteiger partial charge in [0.25, 0.3) is 0 Å². The molecule has 1 aliphatic carbocycles. The molecule has 9 heteroatoms. The number of nitrogens with zero attached hydrogens (tertiary/aromatic N) is 1. The normalized spacial score (nSPS) is 15.2. The first-order chi connectivity index (χ1) is 11.8. The molecule has 3 rings (SSSR count). The Morgan fingerprint density at radius 2 is 1.92 bits per heavy atom. The monoisotopic (exact) mass is 368 g/mol. The second-order valence-electron chi connectivity index (χ2n) is 5.60. The van der Waals surface area contributed by atoms with Gasteiger partial charge in [-0.05, 0) is 42.7 Å². The van der Waals surface area contributed by atoms with Crippen LogP contribution < -0.4 is 9.46 Å². The summed E-state index contributed by atoms with van der Waals surface area (Å²) in [4.78, 5) is 0. The predicted octanol–water partition coefficient (Wildman–Crippen LogP) is 3.25. The van der Waals surface area contributed by atoms with Gasteiger partial charge in [0.05, 0.1) is 17.7 Å². The molecule has 0 saturated heterocycles. The molecule has 0 bridgehead atoms. The summed E-state index contributed by atoms with van der Waals surface area (Å²) in [5, 5.41) is 12.3. The molecule has 6 nitrogen and oxygen atoms in total. The van der Waals surface area contributed by atoms with E-state index >= 15 is 0 Å². The van der Waals surface area contributed by atoms with Crippen molar-refractivity contribution in [3.63, 3.8) is 0 Å². The third kappa shape index (κ3) is 3.71. The van der Waals surface area contributed by atoms with Gasteiger partial charge in [-0.25, -0.2) is 17.2 Å². The first-order valence-corrected chi connectivity index (χ1v) is 9.15. The summed E-state index contributed by atoms with van der Waals surface area (Å²) < 4.78 is 57.8. The van der Waals surface area contributed by atoms with Crippen LogP contribution >= 0.6 is 0 Å². The zero-order valence-electron chi connectivity index (χ0n) is 13.1. The van der Waals surface area contributed by atoms with Crippen molar-refractivity contribution in [2.45, 2.75) is 12.8 Å². The smallest absolute Gasteiger partial charge is 0.229 e. The minimum Gasteiger partial charge on any atom is -0.452 e. The van der Waals surface area contributed by atoms with Gasteiger partial charge in [0.1, 0.15) is 5.82 Å². The molecule has 0 fully saturated rings. The lowest BCUT2D eigenvalue weighted by Gasteiger charge is -2.15. The fourth-order valence-electron chi connectivity index (χ4n) is 2.63. The quantitative estimate of drug-likeness (QED) is 0.641. The molecule has 1 aliphatic rings. The van der Waals surface area contributed by atoms with Gasteiger partial charge in [-0.15, -0.1) is 0 Å². The van der Waals surface area contributed by atoms with Gasteiger partial charge >= 0.3 is 0 Å². The van der Waals surface area contributed by atoms with E-state index in [1.165, 1.54) is 6.07 Å². The number of benzene rings is 2. The van der Waals surface area contributed by atoms with Crippen molar-refractivity contribution >= 4 is 21.4 Å². The third-order valence-corrected chi connectivity index (χ3v) is 4.27. The van der Waals surface area contributed by atoms with Gasteiger partial charge in [0.15, 0.2) is 17.3 Å². The van der Waals surface area contributed by atoms with E-state index in [-0.39, 0.29) is 17.2 Å². The number of hydrogen-bond acceptors (Lipinski definition) is 5. The Kier molecular flexibility index (Phi) is 4.34. The summed E-state index contributed by atoms with van der Waals surface area (Å²) >= 11 is 0. The molecule has 0 spiro atoms. The highest BCUT2D eigenvalue weighted by Gasteiger charge is 2.23. The third-order valence-electron chi connectivity index (χ3n) is 3.68. The number of fused-ring (bicyclic) bond motifs is 1. The van der Waals surface area contributed by atoms with Crippen molar-refractivity contribution in [2.24, 2.45) is 5.16 Å². The Morgan fingerprint density at radius 1 is 1.16 bits per heavy atom. The first-order valence-electron chi connectivity index (χ1n) is 7.26. The number of halogens is 2. The summed E-state index contributed by atoms with van der Waals surface area (Å²) in [5.74, 6) is -1.94. The lowest BCUT2D eigenvalue weighted by molar-refractivity contribution is 0.318. The van der Waals surface area contributed by atoms with Crippen LogP contribution in [0.15, 0.2) is 35.5 Å². The van der Waals surface area contributed by atoms with E-state index in [1.54, 1.807) is 6.07 Å². The van der Waals surface area contributed by atoms with E-state index in [9.17, 15) is 17.2 Å². The van der Waals surface area contributed by atoms with E-state index in [4.69, 9.17) is 9.94 Å². The van der Waals surface area contributed by atoms with E-state index in [0.717, 1.165) is 24.0 Å². The van der Waals surface area contributed by atoms with Gasteiger partial charge in [0, 0.05) is 11.6 Å². The summed E-state index contributed by atoms with van der Waals surface area (Å²) in [5.41, 5.74) is 1.89. The lowest BCUT2D eigenvalue weighted by atomic mass is 10.1. The number of oxime groups is 1. The average Bonchev–Trinajstić information content (AvgIpc) is 2.90. The highest BCUT2D eigenvalue weighted by Crippen LogP contribution is 2.37. The second kappa shape index (κ2) is 6.32. The second-order valence-corrected chi connectivity index (χ2v) is 7.35.